The third-order valence-corrected chi connectivity index (χ3v) is 15.6. The SMILES string of the molecule is CNCCOCCOCCOCCOCCC(=O)NC(COCCC(=O)NCCOCCOCCOC(CNC(C)=O)OC(CO)C(O)CO)(COCCC(=O)NCCOCCOCCOC1OC(CO)C(O)C(O)C1NC(C)=O)COCCC(=O)NCCOCCOCCOC1OC(CO)C(O)C(O)C1NC(C)=O. The average Bonchev–Trinajstić information content (AvgIpc) is 0.814. The summed E-state index contributed by atoms with van der Waals surface area (Å²) in [4.78, 5) is 87.6. The van der Waals surface area contributed by atoms with Crippen molar-refractivity contribution in [1.82, 2.24) is 42.5 Å². The van der Waals surface area contributed by atoms with Crippen LogP contribution in [0.15, 0.2) is 0 Å². The zero-order chi connectivity index (χ0) is 80.8. The third-order valence-electron chi connectivity index (χ3n) is 15.6. The molecule has 2 aliphatic rings. The van der Waals surface area contributed by atoms with Gasteiger partial charge in [0.15, 0.2) is 18.9 Å². The largest absolute Gasteiger partial charge is 0.394 e. The minimum Gasteiger partial charge on any atom is -0.394 e. The smallest absolute Gasteiger partial charge is 0.222 e. The molecule has 2 aliphatic heterocycles. The first-order chi connectivity index (χ1) is 53.1. The second kappa shape index (κ2) is 65.4. The Morgan fingerprint density at radius 3 is 1.07 bits per heavy atom. The van der Waals surface area contributed by atoms with Gasteiger partial charge in [-0.3, -0.25) is 33.6 Å². The fourth-order valence-corrected chi connectivity index (χ4v) is 9.86. The zero-order valence-electron chi connectivity index (χ0n) is 63.8. The molecule has 0 aromatic heterocycles. The van der Waals surface area contributed by atoms with Crippen molar-refractivity contribution in [3.63, 3.8) is 0 Å². The van der Waals surface area contributed by atoms with Crippen LogP contribution in [0.1, 0.15) is 46.5 Å². The van der Waals surface area contributed by atoms with Crippen LogP contribution < -0.4 is 42.5 Å². The second-order valence-corrected chi connectivity index (χ2v) is 24.7. The normalized spacial score (nSPS) is 21.3. The molecule has 2 heterocycles. The molecule has 0 spiro atoms. The van der Waals surface area contributed by atoms with Crippen LogP contribution >= 0.6 is 0 Å². The molecular weight excluding hydrogens is 1480 g/mol. The third kappa shape index (κ3) is 49.0. The Hall–Kier alpha value is -4.87. The van der Waals surface area contributed by atoms with Gasteiger partial charge in [0.25, 0.3) is 0 Å². The summed E-state index contributed by atoms with van der Waals surface area (Å²) >= 11 is 0. The molecule has 0 aromatic carbocycles. The molecular formula is C67H126N8O35. The summed E-state index contributed by atoms with van der Waals surface area (Å²) in [5, 5.41) is 111. The van der Waals surface area contributed by atoms with Crippen molar-refractivity contribution in [2.24, 2.45) is 0 Å². The second-order valence-electron chi connectivity index (χ2n) is 24.7. The van der Waals surface area contributed by atoms with Gasteiger partial charge in [-0.2, -0.15) is 0 Å². The number of amides is 7. The Bertz CT molecular complexity index is 2290. The van der Waals surface area contributed by atoms with Gasteiger partial charge in [-0.1, -0.05) is 0 Å². The molecule has 110 heavy (non-hydrogen) atoms. The summed E-state index contributed by atoms with van der Waals surface area (Å²) in [5.74, 6) is -3.05. The van der Waals surface area contributed by atoms with Crippen LogP contribution in [0.4, 0.5) is 0 Å². The maximum Gasteiger partial charge on any atom is 0.222 e. The minimum absolute atomic E-state index is 0.00101. The lowest BCUT2D eigenvalue weighted by Crippen LogP contribution is -2.64. The number of aliphatic hydroxyl groups is 9. The number of hydrogen-bond acceptors (Lipinski definition) is 36. The van der Waals surface area contributed by atoms with Crippen LogP contribution in [0, 0.1) is 0 Å². The fourth-order valence-electron chi connectivity index (χ4n) is 9.86. The van der Waals surface area contributed by atoms with Crippen LogP contribution in [0.2, 0.25) is 0 Å². The Morgan fingerprint density at radius 2 is 0.727 bits per heavy atom. The molecule has 0 radical (unpaired) electrons. The molecule has 7 amide bonds. The predicted octanol–water partition coefficient (Wildman–Crippen LogP) is -9.68. The topological polar surface area (TPSA) is 573 Å². The summed E-state index contributed by atoms with van der Waals surface area (Å²) < 4.78 is 107. The Kier molecular flexibility index (Phi) is 60.2. The van der Waals surface area contributed by atoms with Crippen LogP contribution in [0.3, 0.4) is 0 Å². The van der Waals surface area contributed by atoms with E-state index in [0.29, 0.717) is 33.0 Å². The molecule has 0 aliphatic carbocycles. The van der Waals surface area contributed by atoms with Gasteiger partial charge >= 0.3 is 0 Å². The number of nitrogens with one attached hydrogen (secondary N) is 8. The lowest BCUT2D eigenvalue weighted by Gasteiger charge is -2.42. The standard InChI is InChI=1S/C67H126N8O35/c1-47(80)72-39-58(108-51(41-77)50(83)40-76)105-36-33-99-28-23-94-18-10-69-54(84)5-14-102-44-67(75-57(87)8-13-92-21-26-97-31-32-98-27-22-93-17-9-68-4,45-103-15-6-55(85)70-11-19-95-24-29-100-34-37-106-65-59(73-48(2)81)63(90)61(88)52(42-78)109-65)46-104-16-7-56(86)71-12-20-96-25-30-101-35-38-107-66-60(74-49(3)82)64(91)62(89)53(43-79)110-66/h50-53,58-66,68,76-79,83,88-91H,5-46H2,1-4H3,(H,69,84)(H,70,85)(H,71,86)(H,72,80)(H,73,81)(H,74,82)(H,75,87). The number of likely N-dealkylation sites (N-methyl/N-ethyl adjacent to an activating group) is 1. The van der Waals surface area contributed by atoms with E-state index in [4.69, 9.17) is 90.0 Å². The number of ether oxygens (including phenoxy) is 19. The summed E-state index contributed by atoms with van der Waals surface area (Å²) in [5.41, 5.74) is -1.47. The van der Waals surface area contributed by atoms with E-state index in [1.165, 1.54) is 20.8 Å². The lowest BCUT2D eigenvalue weighted by atomic mass is 9.97. The molecule has 13 atom stereocenters. The van der Waals surface area contributed by atoms with Gasteiger partial charge in [0.1, 0.15) is 66.5 Å². The van der Waals surface area contributed by atoms with E-state index < -0.39 is 147 Å². The van der Waals surface area contributed by atoms with E-state index in [9.17, 15) is 79.5 Å². The zero-order valence-corrected chi connectivity index (χ0v) is 63.8. The summed E-state index contributed by atoms with van der Waals surface area (Å²) in [6.07, 6.45) is -14.6. The van der Waals surface area contributed by atoms with Gasteiger partial charge in [-0.15, -0.1) is 0 Å². The highest BCUT2D eigenvalue weighted by Crippen LogP contribution is 2.24. The lowest BCUT2D eigenvalue weighted by molar-refractivity contribution is -0.272. The van der Waals surface area contributed by atoms with E-state index in [1.54, 1.807) is 0 Å². The predicted molar refractivity (Wildman–Crippen MR) is 379 cm³/mol. The highest BCUT2D eigenvalue weighted by atomic mass is 16.7. The minimum atomic E-state index is -1.47. The number of carbonyl (C=O) groups excluding carboxylic acids is 7. The van der Waals surface area contributed by atoms with Crippen molar-refractivity contribution < 1.29 is 170 Å². The monoisotopic (exact) mass is 1600 g/mol. The molecule has 0 bridgehead atoms. The van der Waals surface area contributed by atoms with Gasteiger partial charge in [-0.25, -0.2) is 0 Å². The maximum atomic E-state index is 13.8. The molecule has 17 N–H and O–H groups in total. The van der Waals surface area contributed by atoms with Crippen molar-refractivity contribution in [1.29, 1.82) is 0 Å². The molecule has 644 valence electrons. The maximum absolute atomic E-state index is 13.8. The fraction of sp³-hybridized carbons (Fsp3) is 0.896. The number of rotatable bonds is 72. The van der Waals surface area contributed by atoms with Crippen molar-refractivity contribution in [3.05, 3.63) is 0 Å². The Balaban J connectivity index is 2.01. The molecule has 0 saturated carbocycles. The molecule has 0 aromatic rings. The summed E-state index contributed by atoms with van der Waals surface area (Å²) in [6, 6.07) is -2.21. The molecule has 13 unspecified atom stereocenters. The molecule has 43 heteroatoms. The van der Waals surface area contributed by atoms with Crippen LogP contribution in [0.25, 0.3) is 0 Å². The van der Waals surface area contributed by atoms with Crippen LogP contribution in [0.5, 0.6) is 0 Å². The van der Waals surface area contributed by atoms with Crippen molar-refractivity contribution in [2.75, 3.05) is 258 Å². The van der Waals surface area contributed by atoms with Gasteiger partial charge in [0.2, 0.25) is 41.4 Å². The van der Waals surface area contributed by atoms with E-state index in [2.05, 4.69) is 42.5 Å². The van der Waals surface area contributed by atoms with Crippen molar-refractivity contribution in [2.45, 2.75) is 132 Å². The van der Waals surface area contributed by atoms with Gasteiger partial charge in [0, 0.05) is 72.6 Å². The van der Waals surface area contributed by atoms with Gasteiger partial charge in [-0.05, 0) is 7.05 Å². The first kappa shape index (κ1) is 101. The number of aliphatic hydroxyl groups excluding tert-OH is 9. The van der Waals surface area contributed by atoms with Crippen molar-refractivity contribution >= 4 is 41.4 Å². The number of hydrogen-bond donors (Lipinski definition) is 17. The van der Waals surface area contributed by atoms with E-state index in [0.717, 1.165) is 6.54 Å². The first-order valence-electron chi connectivity index (χ1n) is 36.8. The highest BCUT2D eigenvalue weighted by molar-refractivity contribution is 5.78. The van der Waals surface area contributed by atoms with Crippen LogP contribution in [-0.2, 0) is 124 Å². The summed E-state index contributed by atoms with van der Waals surface area (Å²) in [7, 11) is 1.83. The quantitative estimate of drug-likeness (QED) is 0.0199. The molecule has 2 rings (SSSR count). The van der Waals surface area contributed by atoms with E-state index in [-0.39, 0.29) is 216 Å². The van der Waals surface area contributed by atoms with Gasteiger partial charge < -0.3 is 178 Å². The van der Waals surface area contributed by atoms with Crippen molar-refractivity contribution in [3.8, 4) is 0 Å². The number of carbonyl (C=O) groups is 7. The van der Waals surface area contributed by atoms with Crippen LogP contribution in [-0.4, -0.2) is 430 Å². The highest BCUT2D eigenvalue weighted by Gasteiger charge is 2.47. The molecule has 43 nitrogen and oxygen atoms in total. The van der Waals surface area contributed by atoms with E-state index in [1.807, 2.05) is 7.05 Å². The Morgan fingerprint density at radius 1 is 0.391 bits per heavy atom. The van der Waals surface area contributed by atoms with E-state index >= 15 is 0 Å². The van der Waals surface area contributed by atoms with Gasteiger partial charge in [0.05, 0.1) is 225 Å². The Labute approximate surface area is 641 Å². The molecule has 2 saturated heterocycles. The molecule has 2 fully saturated rings. The first-order valence-corrected chi connectivity index (χ1v) is 36.8. The average molecular weight is 1600 g/mol. The summed E-state index contributed by atoms with van der Waals surface area (Å²) in [6.45, 7) is 4.79.